The van der Waals surface area contributed by atoms with E-state index in [1.165, 1.54) is 23.1 Å². The number of likely N-dealkylation sites (tertiary alicyclic amines) is 1. The van der Waals surface area contributed by atoms with E-state index in [1.54, 1.807) is 6.07 Å². The molecule has 39 heavy (non-hydrogen) atoms. The number of hydrogen-bond donors (Lipinski definition) is 2. The first-order chi connectivity index (χ1) is 18.7. The quantitative estimate of drug-likeness (QED) is 0.250. The van der Waals surface area contributed by atoms with E-state index in [9.17, 15) is 23.1 Å². The highest BCUT2D eigenvalue weighted by molar-refractivity contribution is 14.1. The van der Waals surface area contributed by atoms with E-state index in [4.69, 9.17) is 4.74 Å². The highest BCUT2D eigenvalue weighted by Gasteiger charge is 2.45. The van der Waals surface area contributed by atoms with Gasteiger partial charge in [-0.25, -0.2) is 13.2 Å². The molecule has 2 N–H and O–H groups in total. The summed E-state index contributed by atoms with van der Waals surface area (Å²) in [6.45, 7) is 0.736. The number of ether oxygens (including phenoxy) is 1. The maximum absolute atomic E-state index is 14.8. The van der Waals surface area contributed by atoms with Crippen LogP contribution in [0.3, 0.4) is 0 Å². The second kappa shape index (κ2) is 11.9. The van der Waals surface area contributed by atoms with Gasteiger partial charge in [0.25, 0.3) is 5.91 Å². The molecule has 1 aliphatic carbocycles. The smallest absolute Gasteiger partial charge is 0.256 e. The Bertz CT molecular complexity index is 1330. The lowest BCUT2D eigenvalue weighted by Crippen LogP contribution is -2.63. The number of benzene rings is 3. The van der Waals surface area contributed by atoms with Crippen molar-refractivity contribution in [1.29, 1.82) is 0 Å². The van der Waals surface area contributed by atoms with Crippen LogP contribution < -0.4 is 5.32 Å². The maximum atomic E-state index is 14.8. The molecule has 5 rings (SSSR count). The number of hydrogen-bond acceptors (Lipinski definition) is 4. The van der Waals surface area contributed by atoms with Crippen LogP contribution in [-0.2, 0) is 11.3 Å². The van der Waals surface area contributed by atoms with Gasteiger partial charge in [0.1, 0.15) is 5.82 Å². The highest BCUT2D eigenvalue weighted by Crippen LogP contribution is 2.37. The molecule has 1 heterocycles. The Morgan fingerprint density at radius 1 is 1.05 bits per heavy atom. The molecule has 2 fully saturated rings. The third-order valence-corrected chi connectivity index (χ3v) is 8.32. The average molecular weight is 650 g/mol. The average Bonchev–Trinajstić information content (AvgIpc) is 3.36. The van der Waals surface area contributed by atoms with Crippen LogP contribution in [0.4, 0.5) is 24.5 Å². The van der Waals surface area contributed by atoms with Gasteiger partial charge in [-0.1, -0.05) is 36.8 Å². The van der Waals surface area contributed by atoms with Crippen molar-refractivity contribution in [2.24, 2.45) is 5.92 Å². The van der Waals surface area contributed by atoms with E-state index in [0.717, 1.165) is 37.3 Å². The fourth-order valence-electron chi connectivity index (χ4n) is 5.50. The van der Waals surface area contributed by atoms with Crippen molar-refractivity contribution in [3.8, 4) is 0 Å². The van der Waals surface area contributed by atoms with Crippen molar-refractivity contribution >= 4 is 39.9 Å². The van der Waals surface area contributed by atoms with Crippen LogP contribution in [0, 0.1) is 26.9 Å². The fraction of sp³-hybridized carbons (Fsp3) is 0.367. The van der Waals surface area contributed by atoms with E-state index >= 15 is 0 Å². The summed E-state index contributed by atoms with van der Waals surface area (Å²) >= 11 is 1.94. The number of amides is 1. The van der Waals surface area contributed by atoms with Crippen molar-refractivity contribution in [3.63, 3.8) is 0 Å². The van der Waals surface area contributed by atoms with Crippen LogP contribution in [0.15, 0.2) is 60.7 Å². The Balaban J connectivity index is 1.19. The molecule has 2 atom stereocenters. The van der Waals surface area contributed by atoms with Gasteiger partial charge in [0.05, 0.1) is 48.3 Å². The van der Waals surface area contributed by atoms with Gasteiger partial charge >= 0.3 is 0 Å². The highest BCUT2D eigenvalue weighted by atomic mass is 127. The summed E-state index contributed by atoms with van der Waals surface area (Å²) in [6, 6.07) is 16.3. The number of aliphatic hydroxyl groups is 1. The molecule has 1 saturated heterocycles. The van der Waals surface area contributed by atoms with Crippen LogP contribution in [-0.4, -0.2) is 40.7 Å². The molecular weight excluding hydrogens is 620 g/mol. The first kappa shape index (κ1) is 27.9. The van der Waals surface area contributed by atoms with Gasteiger partial charge in [-0.2, -0.15) is 0 Å². The number of carbonyl (C=O) groups is 1. The largest absolute Gasteiger partial charge is 0.386 e. The SMILES string of the molecule is O=C(c1ccc(F)c(F)c1Nc1ccc(I)cc1F)N1CC(O)(CCC2CCCC2OCc2ccccc2)C1. The summed E-state index contributed by atoms with van der Waals surface area (Å²) in [5, 5.41) is 13.6. The normalized spacial score (nSPS) is 20.1. The summed E-state index contributed by atoms with van der Waals surface area (Å²) in [4.78, 5) is 14.6. The first-order valence-electron chi connectivity index (χ1n) is 13.1. The predicted molar refractivity (Wildman–Crippen MR) is 151 cm³/mol. The Labute approximate surface area is 239 Å². The lowest BCUT2D eigenvalue weighted by molar-refractivity contribution is -0.0920. The third kappa shape index (κ3) is 6.41. The van der Waals surface area contributed by atoms with Crippen LogP contribution in [0.2, 0.25) is 0 Å². The molecule has 0 bridgehead atoms. The molecule has 3 aromatic carbocycles. The Morgan fingerprint density at radius 3 is 2.56 bits per heavy atom. The second-order valence-corrected chi connectivity index (χ2v) is 11.7. The minimum atomic E-state index is -1.27. The number of carbonyl (C=O) groups excluding carboxylic acids is 1. The maximum Gasteiger partial charge on any atom is 0.256 e. The summed E-state index contributed by atoms with van der Waals surface area (Å²) in [5.74, 6) is -3.29. The third-order valence-electron chi connectivity index (χ3n) is 7.65. The molecule has 0 radical (unpaired) electrons. The van der Waals surface area contributed by atoms with Gasteiger partial charge in [0.15, 0.2) is 11.6 Å². The monoisotopic (exact) mass is 650 g/mol. The summed E-state index contributed by atoms with van der Waals surface area (Å²) < 4.78 is 50.0. The Kier molecular flexibility index (Phi) is 8.49. The Morgan fingerprint density at radius 2 is 1.82 bits per heavy atom. The second-order valence-electron chi connectivity index (χ2n) is 10.5. The lowest BCUT2D eigenvalue weighted by atomic mass is 9.84. The minimum absolute atomic E-state index is 0.0744. The summed E-state index contributed by atoms with van der Waals surface area (Å²) in [6.07, 6.45) is 4.56. The molecule has 9 heteroatoms. The van der Waals surface area contributed by atoms with Crippen molar-refractivity contribution in [3.05, 3.63) is 92.8 Å². The number of halogens is 4. The molecule has 2 aliphatic rings. The zero-order chi connectivity index (χ0) is 27.6. The first-order valence-corrected chi connectivity index (χ1v) is 14.2. The van der Waals surface area contributed by atoms with Gasteiger partial charge < -0.3 is 20.1 Å². The van der Waals surface area contributed by atoms with Crippen molar-refractivity contribution in [2.75, 3.05) is 18.4 Å². The molecule has 1 saturated carbocycles. The molecule has 2 unspecified atom stereocenters. The van der Waals surface area contributed by atoms with E-state index in [1.807, 2.05) is 52.9 Å². The Hall–Kier alpha value is -2.63. The molecule has 0 aromatic heterocycles. The molecular formula is C30H30F3IN2O3. The van der Waals surface area contributed by atoms with Crippen molar-refractivity contribution < 1.29 is 27.8 Å². The van der Waals surface area contributed by atoms with Gasteiger partial charge in [-0.15, -0.1) is 0 Å². The molecule has 0 spiro atoms. The predicted octanol–water partition coefficient (Wildman–Crippen LogP) is 6.80. The zero-order valence-electron chi connectivity index (χ0n) is 21.3. The molecule has 5 nitrogen and oxygen atoms in total. The topological polar surface area (TPSA) is 61.8 Å². The van der Waals surface area contributed by atoms with Crippen LogP contribution in [0.25, 0.3) is 0 Å². The van der Waals surface area contributed by atoms with E-state index in [-0.39, 0.29) is 30.4 Å². The standard InChI is InChI=1S/C30H30F3IN2O3/c31-23-11-10-22(28(27(23)33)35-25-12-9-21(34)15-24(25)32)29(37)36-17-30(38,18-36)14-13-20-7-4-8-26(20)39-16-19-5-2-1-3-6-19/h1-3,5-6,9-12,15,20,26,35,38H,4,7-8,13-14,16-18H2. The van der Waals surface area contributed by atoms with E-state index in [0.29, 0.717) is 22.5 Å². The van der Waals surface area contributed by atoms with Gasteiger partial charge in [0.2, 0.25) is 0 Å². The van der Waals surface area contributed by atoms with Crippen LogP contribution >= 0.6 is 22.6 Å². The molecule has 1 amide bonds. The molecule has 1 aliphatic heterocycles. The number of anilines is 2. The van der Waals surface area contributed by atoms with Gasteiger partial charge in [-0.05, 0) is 90.1 Å². The van der Waals surface area contributed by atoms with Gasteiger partial charge in [0, 0.05) is 3.57 Å². The van der Waals surface area contributed by atoms with E-state index < -0.39 is 34.6 Å². The number of rotatable bonds is 9. The summed E-state index contributed by atoms with van der Waals surface area (Å²) in [7, 11) is 0. The minimum Gasteiger partial charge on any atom is -0.386 e. The molecule has 3 aromatic rings. The van der Waals surface area contributed by atoms with Crippen LogP contribution in [0.1, 0.15) is 48.0 Å². The van der Waals surface area contributed by atoms with Crippen LogP contribution in [0.5, 0.6) is 0 Å². The van der Waals surface area contributed by atoms with Crippen molar-refractivity contribution in [1.82, 2.24) is 4.90 Å². The van der Waals surface area contributed by atoms with Crippen molar-refractivity contribution in [2.45, 2.75) is 50.4 Å². The number of β-amino-alcohol motifs (C(OH)–C–C–N with tert-alkyl or cyclic N) is 1. The number of nitrogens with one attached hydrogen (secondary N) is 1. The fourth-order valence-corrected chi connectivity index (χ4v) is 5.95. The zero-order valence-corrected chi connectivity index (χ0v) is 23.5. The van der Waals surface area contributed by atoms with Gasteiger partial charge in [-0.3, -0.25) is 4.79 Å². The number of nitrogens with zero attached hydrogens (tertiary/aromatic N) is 1. The van der Waals surface area contributed by atoms with E-state index in [2.05, 4.69) is 5.32 Å². The summed E-state index contributed by atoms with van der Waals surface area (Å²) in [5.41, 5.74) is -0.546. The molecule has 206 valence electrons. The lowest BCUT2D eigenvalue weighted by Gasteiger charge is -2.47.